The molecule has 98 valence electrons. The van der Waals surface area contributed by atoms with Crippen molar-refractivity contribution in [3.63, 3.8) is 0 Å². The lowest BCUT2D eigenvalue weighted by atomic mass is 9.48. The second kappa shape index (κ2) is 3.52. The molecule has 4 aliphatic carbocycles. The molecule has 1 unspecified atom stereocenters. The molecule has 3 heteroatoms. The van der Waals surface area contributed by atoms with Gasteiger partial charge in [0.2, 0.25) is 0 Å². The highest BCUT2D eigenvalue weighted by Crippen LogP contribution is 2.63. The van der Waals surface area contributed by atoms with E-state index < -0.39 is 0 Å². The Morgan fingerprint density at radius 3 is 2.22 bits per heavy atom. The van der Waals surface area contributed by atoms with Crippen LogP contribution in [0.4, 0.5) is 0 Å². The molecule has 18 heavy (non-hydrogen) atoms. The molecule has 1 aromatic rings. The molecule has 5 rings (SSSR count). The molecule has 4 fully saturated rings. The van der Waals surface area contributed by atoms with Crippen molar-refractivity contribution >= 4 is 0 Å². The van der Waals surface area contributed by atoms with Crippen LogP contribution < -0.4 is 5.69 Å². The summed E-state index contributed by atoms with van der Waals surface area (Å²) in [5, 5.41) is 0. The van der Waals surface area contributed by atoms with Crippen LogP contribution in [-0.2, 0) is 0 Å². The molecule has 0 aliphatic heterocycles. The van der Waals surface area contributed by atoms with Crippen LogP contribution >= 0.6 is 0 Å². The van der Waals surface area contributed by atoms with Crippen LogP contribution in [0.15, 0.2) is 17.2 Å². The molecule has 1 N–H and O–H groups in total. The molecular formula is C15H22N2O. The van der Waals surface area contributed by atoms with Gasteiger partial charge in [0.1, 0.15) is 0 Å². The Hall–Kier alpha value is -0.990. The molecule has 4 aliphatic rings. The van der Waals surface area contributed by atoms with E-state index in [0.29, 0.717) is 11.5 Å². The van der Waals surface area contributed by atoms with Crippen molar-refractivity contribution in [3.8, 4) is 0 Å². The molecule has 0 spiro atoms. The third-order valence-corrected chi connectivity index (χ3v) is 6.07. The second-order valence-corrected chi connectivity index (χ2v) is 7.13. The number of nitrogens with zero attached hydrogens (tertiary/aromatic N) is 1. The Morgan fingerprint density at radius 2 is 1.78 bits per heavy atom. The number of nitrogens with one attached hydrogen (secondary N) is 1. The van der Waals surface area contributed by atoms with Crippen molar-refractivity contribution in [3.05, 3.63) is 22.9 Å². The monoisotopic (exact) mass is 246 g/mol. The zero-order valence-electron chi connectivity index (χ0n) is 11.1. The van der Waals surface area contributed by atoms with Gasteiger partial charge in [-0.2, -0.15) is 0 Å². The minimum Gasteiger partial charge on any atom is -0.313 e. The number of H-pyrrole nitrogens is 1. The van der Waals surface area contributed by atoms with Gasteiger partial charge in [-0.25, -0.2) is 4.79 Å². The van der Waals surface area contributed by atoms with Crippen LogP contribution in [0.3, 0.4) is 0 Å². The van der Waals surface area contributed by atoms with Crippen LogP contribution in [0.1, 0.15) is 51.5 Å². The van der Waals surface area contributed by atoms with Gasteiger partial charge in [0, 0.05) is 18.4 Å². The highest BCUT2D eigenvalue weighted by molar-refractivity contribution is 5.05. The Labute approximate surface area is 108 Å². The highest BCUT2D eigenvalue weighted by atomic mass is 16.1. The number of aromatic nitrogens is 2. The summed E-state index contributed by atoms with van der Waals surface area (Å²) in [4.78, 5) is 14.7. The lowest BCUT2D eigenvalue weighted by Crippen LogP contribution is -2.50. The molecule has 0 radical (unpaired) electrons. The molecular weight excluding hydrogens is 224 g/mol. The predicted molar refractivity (Wildman–Crippen MR) is 70.4 cm³/mol. The van der Waals surface area contributed by atoms with Crippen molar-refractivity contribution in [2.24, 2.45) is 23.2 Å². The fourth-order valence-corrected chi connectivity index (χ4v) is 5.62. The molecule has 4 saturated carbocycles. The SMILES string of the molecule is CC(n1cc[nH]c1=O)C12CC3CC(CC(C3)C1)C2. The van der Waals surface area contributed by atoms with Crippen molar-refractivity contribution in [2.45, 2.75) is 51.5 Å². The maximum absolute atomic E-state index is 11.9. The third kappa shape index (κ3) is 1.39. The van der Waals surface area contributed by atoms with E-state index in [1.165, 1.54) is 38.5 Å². The summed E-state index contributed by atoms with van der Waals surface area (Å²) in [6.07, 6.45) is 12.2. The maximum Gasteiger partial charge on any atom is 0.325 e. The van der Waals surface area contributed by atoms with Crippen LogP contribution in [-0.4, -0.2) is 9.55 Å². The molecule has 0 amide bonds. The Balaban J connectivity index is 1.71. The van der Waals surface area contributed by atoms with E-state index in [-0.39, 0.29) is 5.69 Å². The largest absolute Gasteiger partial charge is 0.325 e. The van der Waals surface area contributed by atoms with Gasteiger partial charge in [-0.3, -0.25) is 4.57 Å². The van der Waals surface area contributed by atoms with Gasteiger partial charge in [0.15, 0.2) is 0 Å². The molecule has 0 saturated heterocycles. The Kier molecular flexibility index (Phi) is 2.13. The van der Waals surface area contributed by atoms with Crippen LogP contribution in [0.5, 0.6) is 0 Å². The van der Waals surface area contributed by atoms with Gasteiger partial charge in [0.25, 0.3) is 0 Å². The van der Waals surface area contributed by atoms with Crippen molar-refractivity contribution in [2.75, 3.05) is 0 Å². The van der Waals surface area contributed by atoms with Gasteiger partial charge < -0.3 is 4.98 Å². The zero-order valence-corrected chi connectivity index (χ0v) is 11.1. The van der Waals surface area contributed by atoms with E-state index >= 15 is 0 Å². The number of aromatic amines is 1. The lowest BCUT2D eigenvalue weighted by molar-refractivity contribution is -0.0793. The fraction of sp³-hybridized carbons (Fsp3) is 0.800. The standard InChI is InChI=1S/C15H22N2O/c1-10(17-3-2-16-14(17)18)15-7-11-4-12(8-15)6-13(5-11)9-15/h2-3,10-13H,4-9H2,1H3,(H,16,18). The summed E-state index contributed by atoms with van der Waals surface area (Å²) >= 11 is 0. The number of rotatable bonds is 2. The molecule has 1 heterocycles. The molecule has 4 bridgehead atoms. The van der Waals surface area contributed by atoms with Crippen LogP contribution in [0, 0.1) is 23.2 Å². The highest BCUT2D eigenvalue weighted by Gasteiger charge is 2.53. The summed E-state index contributed by atoms with van der Waals surface area (Å²) in [6.45, 7) is 2.27. The third-order valence-electron chi connectivity index (χ3n) is 6.07. The molecule has 3 nitrogen and oxygen atoms in total. The van der Waals surface area contributed by atoms with Gasteiger partial charge in [-0.05, 0) is 68.6 Å². The first-order valence-electron chi connectivity index (χ1n) is 7.42. The number of hydrogen-bond acceptors (Lipinski definition) is 1. The summed E-state index contributed by atoms with van der Waals surface area (Å²) in [5.74, 6) is 2.86. The number of imidazole rings is 1. The van der Waals surface area contributed by atoms with Crippen LogP contribution in [0.25, 0.3) is 0 Å². The van der Waals surface area contributed by atoms with Crippen molar-refractivity contribution in [1.82, 2.24) is 9.55 Å². The topological polar surface area (TPSA) is 37.8 Å². The first-order chi connectivity index (χ1) is 8.66. The first-order valence-corrected chi connectivity index (χ1v) is 7.42. The van der Waals surface area contributed by atoms with Gasteiger partial charge in [-0.15, -0.1) is 0 Å². The quantitative estimate of drug-likeness (QED) is 0.856. The van der Waals surface area contributed by atoms with Crippen LogP contribution in [0.2, 0.25) is 0 Å². The molecule has 0 aromatic carbocycles. The van der Waals surface area contributed by atoms with Gasteiger partial charge in [0.05, 0.1) is 0 Å². The average Bonchev–Trinajstić information content (AvgIpc) is 2.72. The van der Waals surface area contributed by atoms with E-state index in [1.807, 2.05) is 10.8 Å². The minimum absolute atomic E-state index is 0.0678. The second-order valence-electron chi connectivity index (χ2n) is 7.13. The average molecular weight is 246 g/mol. The fourth-order valence-electron chi connectivity index (χ4n) is 5.62. The summed E-state index contributed by atoms with van der Waals surface area (Å²) in [6, 6.07) is 0.365. The van der Waals surface area contributed by atoms with E-state index in [2.05, 4.69) is 11.9 Å². The Bertz CT molecular complexity index is 477. The molecule has 1 aromatic heterocycles. The van der Waals surface area contributed by atoms with E-state index in [9.17, 15) is 4.79 Å². The van der Waals surface area contributed by atoms with Gasteiger partial charge >= 0.3 is 5.69 Å². The zero-order chi connectivity index (χ0) is 12.3. The first kappa shape index (κ1) is 10.9. The van der Waals surface area contributed by atoms with E-state index in [1.54, 1.807) is 6.20 Å². The van der Waals surface area contributed by atoms with Gasteiger partial charge in [-0.1, -0.05) is 0 Å². The van der Waals surface area contributed by atoms with Crippen molar-refractivity contribution in [1.29, 1.82) is 0 Å². The Morgan fingerprint density at radius 1 is 1.22 bits per heavy atom. The molecule has 1 atom stereocenters. The minimum atomic E-state index is 0.0678. The maximum atomic E-state index is 11.9. The predicted octanol–water partition coefficient (Wildman–Crippen LogP) is 2.95. The summed E-state index contributed by atoms with van der Waals surface area (Å²) in [5.41, 5.74) is 0.485. The normalized spacial score (nSPS) is 43.3. The van der Waals surface area contributed by atoms with E-state index in [0.717, 1.165) is 17.8 Å². The smallest absolute Gasteiger partial charge is 0.313 e. The summed E-state index contributed by atoms with van der Waals surface area (Å²) in [7, 11) is 0. The van der Waals surface area contributed by atoms with E-state index in [4.69, 9.17) is 0 Å². The summed E-state index contributed by atoms with van der Waals surface area (Å²) < 4.78 is 1.94. The number of hydrogen-bond donors (Lipinski definition) is 1. The lowest BCUT2D eigenvalue weighted by Gasteiger charge is -2.59. The van der Waals surface area contributed by atoms with Crippen molar-refractivity contribution < 1.29 is 0 Å².